The topological polar surface area (TPSA) is 55.3 Å². The highest BCUT2D eigenvalue weighted by molar-refractivity contribution is 7.19. The Bertz CT molecular complexity index is 866. The second-order valence-electron chi connectivity index (χ2n) is 8.08. The largest absolute Gasteiger partial charge is 0.466 e. The third-order valence-electron chi connectivity index (χ3n) is 6.17. The molecule has 5 nitrogen and oxygen atoms in total. The number of hydrogen-bond acceptors (Lipinski definition) is 6. The second kappa shape index (κ2) is 7.04. The van der Waals surface area contributed by atoms with E-state index < -0.39 is 0 Å². The zero-order valence-corrected chi connectivity index (χ0v) is 16.8. The number of ether oxygens (including phenoxy) is 1. The fourth-order valence-electron chi connectivity index (χ4n) is 4.49. The third kappa shape index (κ3) is 3.22. The summed E-state index contributed by atoms with van der Waals surface area (Å²) in [4.78, 5) is 27.3. The first-order chi connectivity index (χ1) is 13.2. The van der Waals surface area contributed by atoms with Crippen molar-refractivity contribution in [3.05, 3.63) is 16.3 Å². The molecule has 144 valence electrons. The Morgan fingerprint density at radius 3 is 2.67 bits per heavy atom. The minimum Gasteiger partial charge on any atom is -0.466 e. The summed E-state index contributed by atoms with van der Waals surface area (Å²) in [5.41, 5.74) is 1.51. The van der Waals surface area contributed by atoms with Crippen LogP contribution in [0.5, 0.6) is 0 Å². The van der Waals surface area contributed by atoms with Crippen molar-refractivity contribution in [2.75, 3.05) is 24.6 Å². The molecule has 2 aliphatic carbocycles. The van der Waals surface area contributed by atoms with Gasteiger partial charge in [-0.25, -0.2) is 9.97 Å². The number of hydrogen-bond donors (Lipinski definition) is 0. The minimum absolute atomic E-state index is 0.0310. The van der Waals surface area contributed by atoms with E-state index in [1.54, 1.807) is 0 Å². The molecule has 27 heavy (non-hydrogen) atoms. The van der Waals surface area contributed by atoms with Gasteiger partial charge >= 0.3 is 5.97 Å². The molecule has 2 fully saturated rings. The van der Waals surface area contributed by atoms with Crippen LogP contribution in [0.15, 0.2) is 0 Å². The number of thiophene rings is 1. The summed E-state index contributed by atoms with van der Waals surface area (Å²) in [6.07, 6.45) is 9.08. The van der Waals surface area contributed by atoms with E-state index in [0.717, 1.165) is 44.0 Å². The van der Waals surface area contributed by atoms with E-state index in [0.29, 0.717) is 12.5 Å². The highest BCUT2D eigenvalue weighted by Gasteiger charge is 2.32. The van der Waals surface area contributed by atoms with Crippen molar-refractivity contribution < 1.29 is 9.53 Å². The van der Waals surface area contributed by atoms with E-state index in [1.165, 1.54) is 52.8 Å². The fourth-order valence-corrected chi connectivity index (χ4v) is 5.76. The molecule has 0 bridgehead atoms. The maximum Gasteiger partial charge on any atom is 0.309 e. The SMILES string of the molecule is CCOC(=O)C1CCN(c2nc(C3CC3)nc3sc4c(c23)CCCC4)CC1. The van der Waals surface area contributed by atoms with Crippen LogP contribution in [-0.4, -0.2) is 35.6 Å². The Hall–Kier alpha value is -1.69. The summed E-state index contributed by atoms with van der Waals surface area (Å²) in [5.74, 6) is 2.76. The first-order valence-corrected chi connectivity index (χ1v) is 11.3. The summed E-state index contributed by atoms with van der Waals surface area (Å²) in [5, 5.41) is 1.31. The van der Waals surface area contributed by atoms with E-state index >= 15 is 0 Å². The maximum absolute atomic E-state index is 12.1. The van der Waals surface area contributed by atoms with Crippen molar-refractivity contribution in [1.29, 1.82) is 0 Å². The van der Waals surface area contributed by atoms with Crippen LogP contribution in [0, 0.1) is 5.92 Å². The molecule has 2 aromatic heterocycles. The number of esters is 1. The van der Waals surface area contributed by atoms with Gasteiger partial charge in [-0.3, -0.25) is 4.79 Å². The standard InChI is InChI=1S/C21H27N3O2S/c1-2-26-21(25)14-9-11-24(12-10-14)19-17-15-5-3-4-6-16(15)27-20(17)23-18(22-19)13-7-8-13/h13-14H,2-12H2,1H3. The van der Waals surface area contributed by atoms with Gasteiger partial charge in [-0.2, -0.15) is 0 Å². The lowest BCUT2D eigenvalue weighted by molar-refractivity contribution is -0.148. The molecule has 0 atom stereocenters. The van der Waals surface area contributed by atoms with Crippen LogP contribution in [0.2, 0.25) is 0 Å². The predicted molar refractivity (Wildman–Crippen MR) is 108 cm³/mol. The van der Waals surface area contributed by atoms with Crippen LogP contribution in [0.3, 0.4) is 0 Å². The molecule has 0 radical (unpaired) electrons. The smallest absolute Gasteiger partial charge is 0.309 e. The van der Waals surface area contributed by atoms with E-state index in [2.05, 4.69) is 4.90 Å². The number of piperidine rings is 1. The normalized spacial score (nSPS) is 20.7. The summed E-state index contributed by atoms with van der Waals surface area (Å²) in [6.45, 7) is 4.11. The number of carbonyl (C=O) groups excluding carboxylic acids is 1. The highest BCUT2D eigenvalue weighted by Crippen LogP contribution is 2.44. The van der Waals surface area contributed by atoms with Crippen molar-refractivity contribution in [3.63, 3.8) is 0 Å². The lowest BCUT2D eigenvalue weighted by Crippen LogP contribution is -2.37. The molecular weight excluding hydrogens is 358 g/mol. The fraction of sp³-hybridized carbons (Fsp3) is 0.667. The number of rotatable bonds is 4. The lowest BCUT2D eigenvalue weighted by atomic mass is 9.95. The first kappa shape index (κ1) is 17.4. The molecule has 6 heteroatoms. The van der Waals surface area contributed by atoms with Crippen molar-refractivity contribution in [2.24, 2.45) is 5.92 Å². The molecule has 3 heterocycles. The van der Waals surface area contributed by atoms with Gasteiger partial charge in [-0.1, -0.05) is 0 Å². The molecule has 1 saturated carbocycles. The molecule has 1 aliphatic heterocycles. The summed E-state index contributed by atoms with van der Waals surface area (Å²) in [6, 6.07) is 0. The Kier molecular flexibility index (Phi) is 4.54. The molecule has 0 spiro atoms. The quantitative estimate of drug-likeness (QED) is 0.737. The highest BCUT2D eigenvalue weighted by atomic mass is 32.1. The maximum atomic E-state index is 12.1. The van der Waals surface area contributed by atoms with Crippen LogP contribution in [0.4, 0.5) is 5.82 Å². The van der Waals surface area contributed by atoms with Crippen LogP contribution in [-0.2, 0) is 22.4 Å². The van der Waals surface area contributed by atoms with Gasteiger partial charge in [0.15, 0.2) is 0 Å². The van der Waals surface area contributed by atoms with Gasteiger partial charge in [0.25, 0.3) is 0 Å². The third-order valence-corrected chi connectivity index (χ3v) is 7.36. The second-order valence-corrected chi connectivity index (χ2v) is 9.17. The molecule has 5 rings (SSSR count). The number of aryl methyl sites for hydroxylation is 2. The number of nitrogens with zero attached hydrogens (tertiary/aromatic N) is 3. The number of fused-ring (bicyclic) bond motifs is 3. The van der Waals surface area contributed by atoms with Gasteiger partial charge in [-0.15, -0.1) is 11.3 Å². The van der Waals surface area contributed by atoms with Crippen molar-refractivity contribution in [2.45, 2.75) is 64.2 Å². The summed E-state index contributed by atoms with van der Waals surface area (Å²) < 4.78 is 5.23. The monoisotopic (exact) mass is 385 g/mol. The van der Waals surface area contributed by atoms with Gasteiger partial charge in [-0.05, 0) is 63.9 Å². The Balaban J connectivity index is 1.48. The molecule has 0 aromatic carbocycles. The van der Waals surface area contributed by atoms with Gasteiger partial charge in [0.2, 0.25) is 0 Å². The molecule has 0 N–H and O–H groups in total. The summed E-state index contributed by atoms with van der Waals surface area (Å²) in [7, 11) is 0. The van der Waals surface area contributed by atoms with Gasteiger partial charge in [0, 0.05) is 23.9 Å². The van der Waals surface area contributed by atoms with E-state index in [1.807, 2.05) is 18.3 Å². The van der Waals surface area contributed by atoms with Gasteiger partial charge in [0.1, 0.15) is 16.5 Å². The molecule has 3 aliphatic rings. The molecule has 1 saturated heterocycles. The molecular formula is C21H27N3O2S. The number of carbonyl (C=O) groups is 1. The van der Waals surface area contributed by atoms with Crippen molar-refractivity contribution >= 4 is 33.3 Å². The Labute approximate surface area is 164 Å². The number of aromatic nitrogens is 2. The Morgan fingerprint density at radius 2 is 1.93 bits per heavy atom. The number of anilines is 1. The molecule has 2 aromatic rings. The minimum atomic E-state index is -0.0310. The first-order valence-electron chi connectivity index (χ1n) is 10.5. The zero-order valence-electron chi connectivity index (χ0n) is 16.0. The van der Waals surface area contributed by atoms with E-state index in [9.17, 15) is 4.79 Å². The van der Waals surface area contributed by atoms with Crippen molar-refractivity contribution in [1.82, 2.24) is 9.97 Å². The lowest BCUT2D eigenvalue weighted by Gasteiger charge is -2.32. The van der Waals surface area contributed by atoms with Crippen molar-refractivity contribution in [3.8, 4) is 0 Å². The average Bonchev–Trinajstić information content (AvgIpc) is 3.48. The zero-order chi connectivity index (χ0) is 18.4. The van der Waals surface area contributed by atoms with Crippen LogP contribution in [0.1, 0.15) is 67.6 Å². The summed E-state index contributed by atoms with van der Waals surface area (Å²) >= 11 is 1.90. The van der Waals surface area contributed by atoms with E-state index in [-0.39, 0.29) is 11.9 Å². The Morgan fingerprint density at radius 1 is 1.15 bits per heavy atom. The van der Waals surface area contributed by atoms with Crippen LogP contribution >= 0.6 is 11.3 Å². The predicted octanol–water partition coefficient (Wildman–Crippen LogP) is 4.23. The molecule has 0 amide bonds. The van der Waals surface area contributed by atoms with Gasteiger partial charge < -0.3 is 9.64 Å². The average molecular weight is 386 g/mol. The van der Waals surface area contributed by atoms with Crippen LogP contribution in [0.25, 0.3) is 10.2 Å². The van der Waals surface area contributed by atoms with Crippen LogP contribution < -0.4 is 4.90 Å². The van der Waals surface area contributed by atoms with Gasteiger partial charge in [0.05, 0.1) is 17.9 Å². The molecule has 0 unspecified atom stereocenters. The van der Waals surface area contributed by atoms with E-state index in [4.69, 9.17) is 14.7 Å².